The second kappa shape index (κ2) is 6.97. The number of piperidine rings is 1. The maximum atomic E-state index is 13.6. The number of rotatable bonds is 2. The molecule has 0 saturated carbocycles. The number of aryl methyl sites for hydroxylation is 1. The van der Waals surface area contributed by atoms with Crippen molar-refractivity contribution in [2.75, 3.05) is 19.7 Å². The Balaban J connectivity index is 1.44. The van der Waals surface area contributed by atoms with Crippen LogP contribution in [0, 0.1) is 12.7 Å². The van der Waals surface area contributed by atoms with Crippen LogP contribution in [0.2, 0.25) is 0 Å². The van der Waals surface area contributed by atoms with Gasteiger partial charge in [0.2, 0.25) is 0 Å². The minimum absolute atomic E-state index is 0.107. The van der Waals surface area contributed by atoms with Crippen molar-refractivity contribution < 1.29 is 13.9 Å². The van der Waals surface area contributed by atoms with Crippen molar-refractivity contribution in [1.29, 1.82) is 0 Å². The fraction of sp³-hybridized carbons (Fsp3) is 0.474. The van der Waals surface area contributed by atoms with E-state index in [-0.39, 0.29) is 23.8 Å². The molecule has 1 aromatic carbocycles. The van der Waals surface area contributed by atoms with Crippen molar-refractivity contribution >= 4 is 6.03 Å². The summed E-state index contributed by atoms with van der Waals surface area (Å²) >= 11 is 0. The lowest BCUT2D eigenvalue weighted by molar-refractivity contribution is 0.169. The van der Waals surface area contributed by atoms with Crippen LogP contribution >= 0.6 is 0 Å². The van der Waals surface area contributed by atoms with Gasteiger partial charge in [-0.1, -0.05) is 0 Å². The van der Waals surface area contributed by atoms with E-state index < -0.39 is 0 Å². The number of likely N-dealkylation sites (tertiary alicyclic amines) is 1. The SMILES string of the molecule is Cc1cc(C2CCCN(C(=O)NC3CCOc4ccc(F)cc43)C2)n[nH]1. The molecule has 2 aliphatic rings. The summed E-state index contributed by atoms with van der Waals surface area (Å²) in [6, 6.07) is 6.16. The second-order valence-electron chi connectivity index (χ2n) is 7.08. The standard InChI is InChI=1S/C19H23FN4O2/c1-12-9-17(23-22-12)13-3-2-7-24(11-13)19(25)21-16-6-8-26-18-5-4-14(20)10-15(16)18/h4-5,9-10,13,16H,2-3,6-8,11H2,1H3,(H,21,25)(H,22,23). The van der Waals surface area contributed by atoms with E-state index in [9.17, 15) is 9.18 Å². The van der Waals surface area contributed by atoms with E-state index in [1.54, 1.807) is 6.07 Å². The molecule has 2 atom stereocenters. The Morgan fingerprint density at radius 3 is 3.08 bits per heavy atom. The first-order chi connectivity index (χ1) is 12.6. The quantitative estimate of drug-likeness (QED) is 0.866. The molecule has 2 N–H and O–H groups in total. The van der Waals surface area contributed by atoms with Gasteiger partial charge in [0.1, 0.15) is 11.6 Å². The van der Waals surface area contributed by atoms with Crippen molar-refractivity contribution in [3.63, 3.8) is 0 Å². The van der Waals surface area contributed by atoms with E-state index >= 15 is 0 Å². The third-order valence-corrected chi connectivity index (χ3v) is 5.16. The largest absolute Gasteiger partial charge is 0.493 e. The number of urea groups is 1. The average Bonchev–Trinajstić information content (AvgIpc) is 3.09. The van der Waals surface area contributed by atoms with Crippen molar-refractivity contribution in [2.45, 2.75) is 38.1 Å². The molecule has 0 aliphatic carbocycles. The van der Waals surface area contributed by atoms with Gasteiger partial charge in [0.15, 0.2) is 0 Å². The lowest BCUT2D eigenvalue weighted by Crippen LogP contribution is -2.46. The Kier molecular flexibility index (Phi) is 4.53. The molecule has 2 aliphatic heterocycles. The van der Waals surface area contributed by atoms with Gasteiger partial charge < -0.3 is 15.0 Å². The Hall–Kier alpha value is -2.57. The van der Waals surface area contributed by atoms with E-state index in [0.29, 0.717) is 30.9 Å². The van der Waals surface area contributed by atoms with Crippen LogP contribution in [0.15, 0.2) is 24.3 Å². The van der Waals surface area contributed by atoms with Crippen LogP contribution in [0.25, 0.3) is 0 Å². The number of benzene rings is 1. The number of halogens is 1. The van der Waals surface area contributed by atoms with E-state index in [1.165, 1.54) is 12.1 Å². The van der Waals surface area contributed by atoms with Crippen LogP contribution in [-0.4, -0.2) is 40.8 Å². The van der Waals surface area contributed by atoms with Crippen molar-refractivity contribution in [3.05, 3.63) is 47.0 Å². The number of nitrogens with zero attached hydrogens (tertiary/aromatic N) is 2. The predicted molar refractivity (Wildman–Crippen MR) is 94.7 cm³/mol. The lowest BCUT2D eigenvalue weighted by Gasteiger charge is -2.34. The maximum Gasteiger partial charge on any atom is 0.317 e. The Labute approximate surface area is 151 Å². The maximum absolute atomic E-state index is 13.6. The van der Waals surface area contributed by atoms with Gasteiger partial charge in [-0.25, -0.2) is 9.18 Å². The van der Waals surface area contributed by atoms with Gasteiger partial charge in [-0.3, -0.25) is 5.10 Å². The van der Waals surface area contributed by atoms with Gasteiger partial charge in [-0.2, -0.15) is 5.10 Å². The molecule has 1 aromatic heterocycles. The highest BCUT2D eigenvalue weighted by Crippen LogP contribution is 2.33. The van der Waals surface area contributed by atoms with Gasteiger partial charge in [-0.05, 0) is 44.0 Å². The molecule has 2 unspecified atom stereocenters. The number of H-pyrrole nitrogens is 1. The van der Waals surface area contributed by atoms with E-state index in [2.05, 4.69) is 15.5 Å². The molecule has 138 valence electrons. The van der Waals surface area contributed by atoms with Crippen LogP contribution in [0.4, 0.5) is 9.18 Å². The van der Waals surface area contributed by atoms with Crippen molar-refractivity contribution in [2.24, 2.45) is 0 Å². The molecule has 1 saturated heterocycles. The van der Waals surface area contributed by atoms with Gasteiger partial charge in [-0.15, -0.1) is 0 Å². The van der Waals surface area contributed by atoms with Crippen LogP contribution in [0.3, 0.4) is 0 Å². The minimum atomic E-state index is -0.319. The smallest absolute Gasteiger partial charge is 0.317 e. The Bertz CT molecular complexity index is 807. The van der Waals surface area contributed by atoms with Crippen molar-refractivity contribution in [1.82, 2.24) is 20.4 Å². The molecule has 1 fully saturated rings. The zero-order valence-electron chi connectivity index (χ0n) is 14.8. The fourth-order valence-electron chi connectivity index (χ4n) is 3.81. The molecule has 0 bridgehead atoms. The summed E-state index contributed by atoms with van der Waals surface area (Å²) in [4.78, 5) is 14.6. The van der Waals surface area contributed by atoms with Crippen LogP contribution < -0.4 is 10.1 Å². The number of aromatic nitrogens is 2. The number of ether oxygens (including phenoxy) is 1. The first kappa shape index (κ1) is 16.9. The molecule has 0 spiro atoms. The fourth-order valence-corrected chi connectivity index (χ4v) is 3.81. The van der Waals surface area contributed by atoms with E-state index in [1.807, 2.05) is 17.9 Å². The van der Waals surface area contributed by atoms with Gasteiger partial charge in [0.25, 0.3) is 0 Å². The van der Waals surface area contributed by atoms with E-state index in [4.69, 9.17) is 4.74 Å². The Morgan fingerprint density at radius 1 is 1.38 bits per heavy atom. The minimum Gasteiger partial charge on any atom is -0.493 e. The molecule has 4 rings (SSSR count). The molecule has 2 amide bonds. The second-order valence-corrected chi connectivity index (χ2v) is 7.08. The van der Waals surface area contributed by atoms with E-state index in [0.717, 1.165) is 30.8 Å². The Morgan fingerprint density at radius 2 is 2.27 bits per heavy atom. The summed E-state index contributed by atoms with van der Waals surface area (Å²) < 4.78 is 19.2. The molecule has 6 nitrogen and oxygen atoms in total. The number of fused-ring (bicyclic) bond motifs is 1. The number of hydrogen-bond acceptors (Lipinski definition) is 3. The summed E-state index contributed by atoms with van der Waals surface area (Å²) in [5, 5.41) is 10.4. The topological polar surface area (TPSA) is 70.2 Å². The molecular weight excluding hydrogens is 335 g/mol. The highest BCUT2D eigenvalue weighted by Gasteiger charge is 2.29. The molecule has 0 radical (unpaired) electrons. The van der Waals surface area contributed by atoms with Gasteiger partial charge in [0, 0.05) is 36.7 Å². The van der Waals surface area contributed by atoms with Crippen LogP contribution in [-0.2, 0) is 0 Å². The highest BCUT2D eigenvalue weighted by molar-refractivity contribution is 5.75. The molecule has 26 heavy (non-hydrogen) atoms. The third kappa shape index (κ3) is 3.38. The summed E-state index contributed by atoms with van der Waals surface area (Å²) in [6.45, 7) is 3.87. The number of nitrogens with one attached hydrogen (secondary N) is 2. The first-order valence-corrected chi connectivity index (χ1v) is 9.10. The summed E-state index contributed by atoms with van der Waals surface area (Å²) in [5.74, 6) is 0.575. The number of amides is 2. The normalized spacial score (nSPS) is 22.5. The number of carbonyl (C=O) groups is 1. The molecule has 2 aromatic rings. The van der Waals surface area contributed by atoms with Crippen LogP contribution in [0.1, 0.15) is 48.2 Å². The van der Waals surface area contributed by atoms with Crippen LogP contribution in [0.5, 0.6) is 5.75 Å². The zero-order valence-corrected chi connectivity index (χ0v) is 14.8. The number of aromatic amines is 1. The summed E-state index contributed by atoms with van der Waals surface area (Å²) in [6.07, 6.45) is 2.61. The zero-order chi connectivity index (χ0) is 18.1. The first-order valence-electron chi connectivity index (χ1n) is 9.10. The highest BCUT2D eigenvalue weighted by atomic mass is 19.1. The molecule has 7 heteroatoms. The summed E-state index contributed by atoms with van der Waals surface area (Å²) in [7, 11) is 0. The lowest BCUT2D eigenvalue weighted by atomic mass is 9.95. The molecule has 3 heterocycles. The predicted octanol–water partition coefficient (Wildman–Crippen LogP) is 3.27. The number of hydrogen-bond donors (Lipinski definition) is 2. The van der Waals surface area contributed by atoms with Crippen molar-refractivity contribution in [3.8, 4) is 5.75 Å². The molecular formula is C19H23FN4O2. The van der Waals surface area contributed by atoms with Gasteiger partial charge >= 0.3 is 6.03 Å². The number of carbonyl (C=O) groups excluding carboxylic acids is 1. The monoisotopic (exact) mass is 358 g/mol. The van der Waals surface area contributed by atoms with Gasteiger partial charge in [0.05, 0.1) is 18.3 Å². The summed E-state index contributed by atoms with van der Waals surface area (Å²) in [5.41, 5.74) is 2.75. The third-order valence-electron chi connectivity index (χ3n) is 5.16. The average molecular weight is 358 g/mol.